The highest BCUT2D eigenvalue weighted by molar-refractivity contribution is 5.40. The van der Waals surface area contributed by atoms with E-state index in [9.17, 15) is 0 Å². The number of nitrogens with zero attached hydrogens (tertiary/aromatic N) is 2. The first kappa shape index (κ1) is 13.3. The van der Waals surface area contributed by atoms with Crippen molar-refractivity contribution in [2.75, 3.05) is 18.5 Å². The van der Waals surface area contributed by atoms with Crippen LogP contribution in [0.4, 0.5) is 5.82 Å². The number of hydrogen-bond acceptors (Lipinski definition) is 3. The molecule has 0 aromatic carbocycles. The van der Waals surface area contributed by atoms with Crippen molar-refractivity contribution >= 4 is 5.82 Å². The summed E-state index contributed by atoms with van der Waals surface area (Å²) in [6.45, 7) is 6.57. The van der Waals surface area contributed by atoms with Gasteiger partial charge in [0.2, 0.25) is 0 Å². The largest absolute Gasteiger partial charge is 0.359 e. The summed E-state index contributed by atoms with van der Waals surface area (Å²) in [5, 5.41) is 3.54. The molecule has 1 heterocycles. The van der Waals surface area contributed by atoms with Gasteiger partial charge in [0.25, 0.3) is 0 Å². The minimum atomic E-state index is 0.713. The van der Waals surface area contributed by atoms with E-state index in [1.807, 2.05) is 6.20 Å². The van der Waals surface area contributed by atoms with E-state index in [1.54, 1.807) is 0 Å². The molecule has 0 radical (unpaired) electrons. The number of nitrogens with one attached hydrogen (secondary N) is 1. The maximum absolute atomic E-state index is 4.47. The lowest BCUT2D eigenvalue weighted by molar-refractivity contribution is 0.557. The molecule has 1 aliphatic carbocycles. The maximum Gasteiger partial charge on any atom is 0.128 e. The Morgan fingerprint density at radius 3 is 2.94 bits per heavy atom. The minimum Gasteiger partial charge on any atom is -0.359 e. The zero-order chi connectivity index (χ0) is 13.0. The van der Waals surface area contributed by atoms with Gasteiger partial charge in [-0.3, -0.25) is 0 Å². The molecular formula is C15H25N3. The molecule has 2 rings (SSSR count). The van der Waals surface area contributed by atoms with Crippen LogP contribution in [0.5, 0.6) is 0 Å². The fourth-order valence-corrected chi connectivity index (χ4v) is 2.02. The van der Waals surface area contributed by atoms with E-state index in [2.05, 4.69) is 48.2 Å². The van der Waals surface area contributed by atoms with E-state index >= 15 is 0 Å². The summed E-state index contributed by atoms with van der Waals surface area (Å²) in [4.78, 5) is 6.73. The number of aromatic nitrogens is 1. The molecule has 3 nitrogen and oxygen atoms in total. The maximum atomic E-state index is 4.47. The van der Waals surface area contributed by atoms with Crippen molar-refractivity contribution in [3.8, 4) is 0 Å². The van der Waals surface area contributed by atoms with Crippen LogP contribution in [-0.4, -0.2) is 24.6 Å². The molecule has 1 aromatic rings. The summed E-state index contributed by atoms with van der Waals surface area (Å²) >= 11 is 0. The highest BCUT2D eigenvalue weighted by Crippen LogP contribution is 2.20. The molecule has 0 bridgehead atoms. The first-order valence-corrected chi connectivity index (χ1v) is 7.08. The molecular weight excluding hydrogens is 222 g/mol. The molecule has 1 saturated carbocycles. The van der Waals surface area contributed by atoms with Gasteiger partial charge in [-0.2, -0.15) is 0 Å². The quantitative estimate of drug-likeness (QED) is 0.803. The summed E-state index contributed by atoms with van der Waals surface area (Å²) < 4.78 is 0. The molecule has 1 unspecified atom stereocenters. The minimum absolute atomic E-state index is 0.713. The van der Waals surface area contributed by atoms with Crippen LogP contribution in [0.1, 0.15) is 38.7 Å². The summed E-state index contributed by atoms with van der Waals surface area (Å²) in [5.41, 5.74) is 1.34. The van der Waals surface area contributed by atoms with Crippen molar-refractivity contribution in [3.05, 3.63) is 23.9 Å². The van der Waals surface area contributed by atoms with Gasteiger partial charge in [-0.05, 0) is 36.5 Å². The van der Waals surface area contributed by atoms with Gasteiger partial charge in [-0.15, -0.1) is 0 Å². The van der Waals surface area contributed by atoms with E-state index in [-0.39, 0.29) is 0 Å². The van der Waals surface area contributed by atoms with E-state index in [1.165, 1.54) is 24.8 Å². The van der Waals surface area contributed by atoms with Gasteiger partial charge in [0, 0.05) is 32.4 Å². The van der Waals surface area contributed by atoms with Crippen molar-refractivity contribution in [1.29, 1.82) is 0 Å². The Balaban J connectivity index is 1.92. The van der Waals surface area contributed by atoms with Gasteiger partial charge in [-0.1, -0.05) is 20.3 Å². The summed E-state index contributed by atoms with van der Waals surface area (Å²) in [6.07, 6.45) is 5.82. The molecule has 3 heteroatoms. The van der Waals surface area contributed by atoms with Crippen LogP contribution >= 0.6 is 0 Å². The highest BCUT2D eigenvalue weighted by atomic mass is 15.2. The zero-order valence-electron chi connectivity index (χ0n) is 11.8. The molecule has 1 fully saturated rings. The van der Waals surface area contributed by atoms with Crippen LogP contribution in [0.25, 0.3) is 0 Å². The van der Waals surface area contributed by atoms with E-state index in [0.717, 1.165) is 24.9 Å². The molecule has 18 heavy (non-hydrogen) atoms. The fourth-order valence-electron chi connectivity index (χ4n) is 2.02. The van der Waals surface area contributed by atoms with Crippen molar-refractivity contribution in [1.82, 2.24) is 10.3 Å². The van der Waals surface area contributed by atoms with Crippen LogP contribution in [0.3, 0.4) is 0 Å². The SMILES string of the molecule is CCC(C)CN(C)c1cc(CNC2CC2)ccn1. The van der Waals surface area contributed by atoms with Crippen LogP contribution in [0, 0.1) is 5.92 Å². The monoisotopic (exact) mass is 247 g/mol. The predicted molar refractivity (Wildman–Crippen MR) is 76.8 cm³/mol. The molecule has 0 amide bonds. The highest BCUT2D eigenvalue weighted by Gasteiger charge is 2.20. The van der Waals surface area contributed by atoms with Crippen molar-refractivity contribution < 1.29 is 0 Å². The van der Waals surface area contributed by atoms with Gasteiger partial charge in [-0.25, -0.2) is 4.98 Å². The van der Waals surface area contributed by atoms with Gasteiger partial charge in [0.1, 0.15) is 5.82 Å². The normalized spacial score (nSPS) is 16.6. The molecule has 0 aliphatic heterocycles. The summed E-state index contributed by atoms with van der Waals surface area (Å²) in [5.74, 6) is 1.80. The lowest BCUT2D eigenvalue weighted by Crippen LogP contribution is -2.24. The Hall–Kier alpha value is -1.09. The Labute approximate surface area is 111 Å². The van der Waals surface area contributed by atoms with Gasteiger partial charge >= 0.3 is 0 Å². The second-order valence-corrected chi connectivity index (χ2v) is 5.57. The summed E-state index contributed by atoms with van der Waals surface area (Å²) in [7, 11) is 2.13. The average Bonchev–Trinajstić information content (AvgIpc) is 3.20. The summed E-state index contributed by atoms with van der Waals surface area (Å²) in [6, 6.07) is 5.08. The van der Waals surface area contributed by atoms with Crippen LogP contribution in [0.2, 0.25) is 0 Å². The molecule has 1 aromatic heterocycles. The third-order valence-corrected chi connectivity index (χ3v) is 3.66. The van der Waals surface area contributed by atoms with Crippen molar-refractivity contribution in [3.63, 3.8) is 0 Å². The third kappa shape index (κ3) is 3.98. The Morgan fingerprint density at radius 2 is 2.28 bits per heavy atom. The second-order valence-electron chi connectivity index (χ2n) is 5.57. The molecule has 0 spiro atoms. The van der Waals surface area contributed by atoms with Gasteiger partial charge in [0.05, 0.1) is 0 Å². The molecule has 1 N–H and O–H groups in total. The number of rotatable bonds is 7. The number of anilines is 1. The zero-order valence-corrected chi connectivity index (χ0v) is 11.8. The van der Waals surface area contributed by atoms with E-state index < -0.39 is 0 Å². The second kappa shape index (κ2) is 6.19. The number of pyridine rings is 1. The fraction of sp³-hybridized carbons (Fsp3) is 0.667. The Bertz CT molecular complexity index is 374. The average molecular weight is 247 g/mol. The standard InChI is InChI=1S/C15H25N3/c1-4-12(2)11-18(3)15-9-13(7-8-16-15)10-17-14-5-6-14/h7-9,12,14,17H,4-6,10-11H2,1-3H3. The van der Waals surface area contributed by atoms with E-state index in [4.69, 9.17) is 0 Å². The first-order valence-electron chi connectivity index (χ1n) is 7.08. The first-order chi connectivity index (χ1) is 8.69. The predicted octanol–water partition coefficient (Wildman–Crippen LogP) is 2.82. The number of hydrogen-bond donors (Lipinski definition) is 1. The van der Waals surface area contributed by atoms with Gasteiger partial charge < -0.3 is 10.2 Å². The van der Waals surface area contributed by atoms with Crippen LogP contribution in [0.15, 0.2) is 18.3 Å². The molecule has 1 aliphatic rings. The lowest BCUT2D eigenvalue weighted by atomic mass is 10.1. The van der Waals surface area contributed by atoms with Crippen LogP contribution in [-0.2, 0) is 6.54 Å². The Morgan fingerprint density at radius 1 is 1.50 bits per heavy atom. The van der Waals surface area contributed by atoms with Gasteiger partial charge in [0.15, 0.2) is 0 Å². The van der Waals surface area contributed by atoms with E-state index in [0.29, 0.717) is 5.92 Å². The lowest BCUT2D eigenvalue weighted by Gasteiger charge is -2.22. The smallest absolute Gasteiger partial charge is 0.128 e. The van der Waals surface area contributed by atoms with Crippen molar-refractivity contribution in [2.45, 2.75) is 45.7 Å². The molecule has 100 valence electrons. The molecule has 1 atom stereocenters. The third-order valence-electron chi connectivity index (χ3n) is 3.66. The van der Waals surface area contributed by atoms with Crippen LogP contribution < -0.4 is 10.2 Å². The topological polar surface area (TPSA) is 28.2 Å². The molecule has 0 saturated heterocycles. The Kier molecular flexibility index (Phi) is 4.59. The van der Waals surface area contributed by atoms with Crippen molar-refractivity contribution in [2.24, 2.45) is 5.92 Å².